The molecule has 0 aliphatic carbocycles. The summed E-state index contributed by atoms with van der Waals surface area (Å²) in [5, 5.41) is 6.88. The van der Waals surface area contributed by atoms with Crippen molar-refractivity contribution in [1.29, 1.82) is 0 Å². The van der Waals surface area contributed by atoms with Crippen molar-refractivity contribution in [3.63, 3.8) is 0 Å². The lowest BCUT2D eigenvalue weighted by Gasteiger charge is -2.27. The predicted molar refractivity (Wildman–Crippen MR) is 68.6 cm³/mol. The minimum Gasteiger partial charge on any atom is -0.315 e. The van der Waals surface area contributed by atoms with E-state index in [0.29, 0.717) is 5.92 Å². The predicted octanol–water partition coefficient (Wildman–Crippen LogP) is 2.26. The normalized spacial score (nSPS) is 19.4. The summed E-state index contributed by atoms with van der Waals surface area (Å²) in [5.41, 5.74) is 2.40. The van der Waals surface area contributed by atoms with E-state index >= 15 is 0 Å². The van der Waals surface area contributed by atoms with E-state index in [1.54, 1.807) is 12.1 Å². The average Bonchev–Trinajstić information content (AvgIpc) is 2.29. The van der Waals surface area contributed by atoms with Crippen molar-refractivity contribution in [2.75, 3.05) is 19.6 Å². The van der Waals surface area contributed by atoms with E-state index in [0.717, 1.165) is 31.6 Å². The summed E-state index contributed by atoms with van der Waals surface area (Å²) in [7, 11) is 0. The number of nitrogens with one attached hydrogen (secondary N) is 2. The molecule has 2 rings (SSSR count). The van der Waals surface area contributed by atoms with Crippen LogP contribution >= 0.6 is 0 Å². The maximum atomic E-state index is 13.3. The van der Waals surface area contributed by atoms with Gasteiger partial charge in [-0.15, -0.1) is 0 Å². The van der Waals surface area contributed by atoms with Gasteiger partial charge in [-0.05, 0) is 48.7 Å². The number of rotatable bonds is 4. The molecule has 94 valence electrons. The topological polar surface area (TPSA) is 24.1 Å². The van der Waals surface area contributed by atoms with E-state index in [1.807, 2.05) is 6.07 Å². The maximum Gasteiger partial charge on any atom is 0.123 e. The molecule has 1 aromatic rings. The second-order valence-electron chi connectivity index (χ2n) is 5.15. The van der Waals surface area contributed by atoms with Crippen LogP contribution in [0.25, 0.3) is 0 Å². The second-order valence-corrected chi connectivity index (χ2v) is 5.15. The van der Waals surface area contributed by atoms with Crippen LogP contribution in [0, 0.1) is 11.7 Å². The number of hydrogen-bond donors (Lipinski definition) is 2. The zero-order valence-corrected chi connectivity index (χ0v) is 10.6. The molecule has 2 nitrogen and oxygen atoms in total. The third-order valence-electron chi connectivity index (χ3n) is 3.17. The smallest absolute Gasteiger partial charge is 0.123 e. The fourth-order valence-corrected chi connectivity index (χ4v) is 2.31. The molecule has 0 spiro atoms. The van der Waals surface area contributed by atoms with Crippen molar-refractivity contribution in [1.82, 2.24) is 10.6 Å². The molecule has 1 heterocycles. The van der Waals surface area contributed by atoms with E-state index in [2.05, 4.69) is 24.5 Å². The van der Waals surface area contributed by atoms with E-state index in [-0.39, 0.29) is 11.9 Å². The van der Waals surface area contributed by atoms with Crippen molar-refractivity contribution >= 4 is 0 Å². The Kier molecular flexibility index (Phi) is 4.13. The van der Waals surface area contributed by atoms with Gasteiger partial charge in [-0.2, -0.15) is 0 Å². The zero-order chi connectivity index (χ0) is 12.3. The van der Waals surface area contributed by atoms with Gasteiger partial charge in [-0.1, -0.05) is 19.9 Å². The Morgan fingerprint density at radius 2 is 2.29 bits per heavy atom. The molecule has 0 fully saturated rings. The lowest BCUT2D eigenvalue weighted by Crippen LogP contribution is -2.37. The maximum absolute atomic E-state index is 13.3. The first kappa shape index (κ1) is 12.5. The van der Waals surface area contributed by atoms with Gasteiger partial charge in [0.2, 0.25) is 0 Å². The summed E-state index contributed by atoms with van der Waals surface area (Å²) in [4.78, 5) is 0. The van der Waals surface area contributed by atoms with Gasteiger partial charge in [-0.3, -0.25) is 0 Å². The molecule has 0 radical (unpaired) electrons. The third kappa shape index (κ3) is 3.27. The fraction of sp³-hybridized carbons (Fsp3) is 0.571. The van der Waals surface area contributed by atoms with Crippen molar-refractivity contribution in [3.8, 4) is 0 Å². The molecule has 2 N–H and O–H groups in total. The van der Waals surface area contributed by atoms with Crippen LogP contribution in [0.5, 0.6) is 0 Å². The van der Waals surface area contributed by atoms with E-state index in [9.17, 15) is 4.39 Å². The van der Waals surface area contributed by atoms with Crippen molar-refractivity contribution in [2.45, 2.75) is 26.3 Å². The molecule has 3 heteroatoms. The number of fused-ring (bicyclic) bond motifs is 1. The molecule has 1 unspecified atom stereocenters. The van der Waals surface area contributed by atoms with Crippen molar-refractivity contribution < 1.29 is 4.39 Å². The van der Waals surface area contributed by atoms with Crippen LogP contribution in [0.3, 0.4) is 0 Å². The van der Waals surface area contributed by atoms with Crippen LogP contribution in [-0.4, -0.2) is 19.6 Å². The Morgan fingerprint density at radius 1 is 1.47 bits per heavy atom. The van der Waals surface area contributed by atoms with E-state index in [1.165, 1.54) is 5.56 Å². The van der Waals surface area contributed by atoms with Crippen LogP contribution in [0.15, 0.2) is 18.2 Å². The molecule has 0 amide bonds. The molecule has 0 saturated carbocycles. The Bertz CT molecular complexity index is 376. The summed E-state index contributed by atoms with van der Waals surface area (Å²) < 4.78 is 13.3. The second kappa shape index (κ2) is 5.61. The molecule has 1 aliphatic rings. The first-order chi connectivity index (χ1) is 8.16. The number of benzene rings is 1. The van der Waals surface area contributed by atoms with Crippen LogP contribution in [0.2, 0.25) is 0 Å². The Labute approximate surface area is 103 Å². The molecule has 1 aliphatic heterocycles. The monoisotopic (exact) mass is 236 g/mol. The Hall–Kier alpha value is -0.930. The summed E-state index contributed by atoms with van der Waals surface area (Å²) in [6.07, 6.45) is 0.996. The highest BCUT2D eigenvalue weighted by Gasteiger charge is 2.19. The van der Waals surface area contributed by atoms with E-state index < -0.39 is 0 Å². The van der Waals surface area contributed by atoms with Crippen LogP contribution in [0.1, 0.15) is 31.0 Å². The average molecular weight is 236 g/mol. The molecule has 1 aromatic carbocycles. The van der Waals surface area contributed by atoms with Gasteiger partial charge in [0.05, 0.1) is 0 Å². The van der Waals surface area contributed by atoms with Gasteiger partial charge in [0.15, 0.2) is 0 Å². The lowest BCUT2D eigenvalue weighted by molar-refractivity contribution is 0.445. The van der Waals surface area contributed by atoms with Gasteiger partial charge < -0.3 is 10.6 Å². The minimum atomic E-state index is -0.138. The minimum absolute atomic E-state index is 0.138. The molecule has 0 bridgehead atoms. The molecule has 1 atom stereocenters. The van der Waals surface area contributed by atoms with Gasteiger partial charge in [0, 0.05) is 12.6 Å². The summed E-state index contributed by atoms with van der Waals surface area (Å²) >= 11 is 0. The zero-order valence-electron chi connectivity index (χ0n) is 10.6. The van der Waals surface area contributed by atoms with Crippen LogP contribution < -0.4 is 10.6 Å². The first-order valence-corrected chi connectivity index (χ1v) is 6.39. The van der Waals surface area contributed by atoms with Gasteiger partial charge in [-0.25, -0.2) is 4.39 Å². The SMILES string of the molecule is CC(C)CNCC1NCCc2ccc(F)cc21. The standard InChI is InChI=1S/C14H21FN2/c1-10(2)8-16-9-14-13-7-12(15)4-3-11(13)5-6-17-14/h3-4,7,10,14,16-17H,5-6,8-9H2,1-2H3. The number of halogens is 1. The fourth-order valence-electron chi connectivity index (χ4n) is 2.31. The van der Waals surface area contributed by atoms with Crippen molar-refractivity contribution in [2.24, 2.45) is 5.92 Å². The van der Waals surface area contributed by atoms with Gasteiger partial charge in [0.25, 0.3) is 0 Å². The van der Waals surface area contributed by atoms with Gasteiger partial charge in [0.1, 0.15) is 5.82 Å². The summed E-state index contributed by atoms with van der Waals surface area (Å²) in [6, 6.07) is 5.39. The summed E-state index contributed by atoms with van der Waals surface area (Å²) in [6.45, 7) is 7.23. The van der Waals surface area contributed by atoms with Crippen molar-refractivity contribution in [3.05, 3.63) is 35.1 Å². The quantitative estimate of drug-likeness (QED) is 0.838. The van der Waals surface area contributed by atoms with Crippen LogP contribution in [-0.2, 0) is 6.42 Å². The largest absolute Gasteiger partial charge is 0.315 e. The highest BCUT2D eigenvalue weighted by Crippen LogP contribution is 2.23. The first-order valence-electron chi connectivity index (χ1n) is 6.39. The summed E-state index contributed by atoms with van der Waals surface area (Å²) in [5.74, 6) is 0.506. The number of hydrogen-bond acceptors (Lipinski definition) is 2. The van der Waals surface area contributed by atoms with E-state index in [4.69, 9.17) is 0 Å². The molecule has 0 saturated heterocycles. The molecular formula is C14H21FN2. The lowest BCUT2D eigenvalue weighted by atomic mass is 9.94. The van der Waals surface area contributed by atoms with Crippen LogP contribution in [0.4, 0.5) is 4.39 Å². The molecule has 17 heavy (non-hydrogen) atoms. The molecular weight excluding hydrogens is 215 g/mol. The highest BCUT2D eigenvalue weighted by atomic mass is 19.1. The van der Waals surface area contributed by atoms with Gasteiger partial charge >= 0.3 is 0 Å². The third-order valence-corrected chi connectivity index (χ3v) is 3.17. The highest BCUT2D eigenvalue weighted by molar-refractivity contribution is 5.33. The Balaban J connectivity index is 2.03. The molecule has 0 aromatic heterocycles. The Morgan fingerprint density at radius 3 is 3.06 bits per heavy atom.